The van der Waals surface area contributed by atoms with Crippen molar-refractivity contribution in [1.29, 1.82) is 0 Å². The average molecular weight is 435 g/mol. The van der Waals surface area contributed by atoms with Gasteiger partial charge in [0.25, 0.3) is 0 Å². The van der Waals surface area contributed by atoms with Crippen LogP contribution in [0, 0.1) is 6.92 Å². The Morgan fingerprint density at radius 1 is 1.07 bits per heavy atom. The molecule has 2 rings (SSSR count). The van der Waals surface area contributed by atoms with Crippen LogP contribution in [-0.2, 0) is 10.3 Å². The number of alkyl halides is 3. The fraction of sp³-hybridized carbons (Fsp3) is 0.263. The number of carbonyl (C=O) groups is 2. The number of halogens is 5. The number of ketones is 1. The zero-order valence-corrected chi connectivity index (χ0v) is 16.2. The van der Waals surface area contributed by atoms with E-state index in [-0.39, 0.29) is 21.2 Å². The third-order valence-electron chi connectivity index (χ3n) is 4.18. The summed E-state index contributed by atoms with van der Waals surface area (Å²) in [5.74, 6) is -1.62. The minimum absolute atomic E-state index is 0.0963. The van der Waals surface area contributed by atoms with E-state index < -0.39 is 35.5 Å². The van der Waals surface area contributed by atoms with Gasteiger partial charge < -0.3 is 9.84 Å². The van der Waals surface area contributed by atoms with Gasteiger partial charge in [-0.1, -0.05) is 29.3 Å². The van der Waals surface area contributed by atoms with Gasteiger partial charge in [0, 0.05) is 15.6 Å². The molecule has 0 unspecified atom stereocenters. The molecular weight excluding hydrogens is 420 g/mol. The van der Waals surface area contributed by atoms with Crippen LogP contribution in [-0.4, -0.2) is 30.1 Å². The van der Waals surface area contributed by atoms with Gasteiger partial charge in [0.1, 0.15) is 0 Å². The van der Waals surface area contributed by atoms with Crippen molar-refractivity contribution < 1.29 is 32.6 Å². The van der Waals surface area contributed by atoms with Gasteiger partial charge in [0.2, 0.25) is 0 Å². The molecule has 0 fully saturated rings. The van der Waals surface area contributed by atoms with Gasteiger partial charge >= 0.3 is 12.1 Å². The van der Waals surface area contributed by atoms with Gasteiger partial charge in [-0.2, -0.15) is 13.2 Å². The molecule has 0 bridgehead atoms. The third-order valence-corrected chi connectivity index (χ3v) is 4.62. The van der Waals surface area contributed by atoms with Crippen LogP contribution in [0.5, 0.6) is 0 Å². The maximum absolute atomic E-state index is 13.7. The molecule has 0 aromatic heterocycles. The Kier molecular flexibility index (Phi) is 6.43. The molecule has 150 valence electrons. The van der Waals surface area contributed by atoms with Crippen LogP contribution in [0.15, 0.2) is 36.4 Å². The third kappa shape index (κ3) is 4.48. The molecule has 0 aliphatic heterocycles. The highest BCUT2D eigenvalue weighted by molar-refractivity contribution is 6.34. The summed E-state index contributed by atoms with van der Waals surface area (Å²) in [4.78, 5) is 24.1. The number of carbonyl (C=O) groups excluding carboxylic acids is 2. The summed E-state index contributed by atoms with van der Waals surface area (Å²) in [7, 11) is 1.18. The molecule has 0 amide bonds. The van der Waals surface area contributed by atoms with Gasteiger partial charge in [-0.25, -0.2) is 4.79 Å². The highest BCUT2D eigenvalue weighted by Crippen LogP contribution is 2.43. The monoisotopic (exact) mass is 434 g/mol. The topological polar surface area (TPSA) is 63.6 Å². The number of hydrogen-bond acceptors (Lipinski definition) is 4. The Balaban J connectivity index is 2.44. The number of ether oxygens (including phenoxy) is 1. The van der Waals surface area contributed by atoms with Crippen LogP contribution < -0.4 is 0 Å². The smallest absolute Gasteiger partial charge is 0.421 e. The second-order valence-corrected chi connectivity index (χ2v) is 7.01. The first-order chi connectivity index (χ1) is 12.9. The van der Waals surface area contributed by atoms with Crippen LogP contribution in [0.1, 0.15) is 38.3 Å². The molecule has 28 heavy (non-hydrogen) atoms. The molecule has 2 aromatic rings. The number of aliphatic hydroxyl groups is 1. The molecule has 0 spiro atoms. The van der Waals surface area contributed by atoms with Crippen molar-refractivity contribution in [3.05, 3.63) is 68.7 Å². The Morgan fingerprint density at radius 2 is 1.64 bits per heavy atom. The Hall–Kier alpha value is -2.09. The Bertz CT molecular complexity index is 908. The van der Waals surface area contributed by atoms with Crippen LogP contribution >= 0.6 is 23.2 Å². The van der Waals surface area contributed by atoms with E-state index in [9.17, 15) is 27.9 Å². The van der Waals surface area contributed by atoms with Crippen molar-refractivity contribution in [2.45, 2.75) is 25.1 Å². The lowest BCUT2D eigenvalue weighted by Gasteiger charge is -2.30. The lowest BCUT2D eigenvalue weighted by atomic mass is 9.86. The molecule has 2 aromatic carbocycles. The van der Waals surface area contributed by atoms with Gasteiger partial charge in [-0.3, -0.25) is 4.79 Å². The predicted octanol–water partition coefficient (Wildman–Crippen LogP) is 5.11. The van der Waals surface area contributed by atoms with Crippen LogP contribution in [0.2, 0.25) is 10.0 Å². The molecule has 0 aliphatic carbocycles. The number of esters is 1. The van der Waals surface area contributed by atoms with Gasteiger partial charge in [0.05, 0.1) is 19.1 Å². The molecule has 4 nitrogen and oxygen atoms in total. The maximum Gasteiger partial charge on any atom is 0.421 e. The first kappa shape index (κ1) is 22.2. The summed E-state index contributed by atoms with van der Waals surface area (Å²) in [6.45, 7) is 1.51. The number of aryl methyl sites for hydroxylation is 1. The summed E-state index contributed by atoms with van der Waals surface area (Å²) >= 11 is 11.5. The lowest BCUT2D eigenvalue weighted by molar-refractivity contribution is -0.264. The summed E-state index contributed by atoms with van der Waals surface area (Å²) in [6, 6.07) is 6.75. The number of methoxy groups -OCH3 is 1. The molecule has 0 radical (unpaired) electrons. The zero-order chi connectivity index (χ0) is 21.3. The van der Waals surface area contributed by atoms with E-state index in [1.54, 1.807) is 0 Å². The maximum atomic E-state index is 13.7. The van der Waals surface area contributed by atoms with Crippen molar-refractivity contribution in [2.24, 2.45) is 0 Å². The average Bonchev–Trinajstić information content (AvgIpc) is 2.59. The van der Waals surface area contributed by atoms with Crippen LogP contribution in [0.4, 0.5) is 13.2 Å². The minimum atomic E-state index is -5.17. The molecular formula is C19H15Cl2F3O4. The van der Waals surface area contributed by atoms with E-state index in [1.807, 2.05) is 0 Å². The van der Waals surface area contributed by atoms with Crippen molar-refractivity contribution in [2.75, 3.05) is 7.11 Å². The summed E-state index contributed by atoms with van der Waals surface area (Å²) in [5, 5.41) is 10.2. The van der Waals surface area contributed by atoms with E-state index in [1.165, 1.54) is 38.3 Å². The number of Topliss-reactive ketones (excluding diaryl/α,β-unsaturated/α-hetero) is 1. The Labute approximate surface area is 168 Å². The van der Waals surface area contributed by atoms with Crippen molar-refractivity contribution >= 4 is 35.0 Å². The largest absolute Gasteiger partial charge is 0.465 e. The molecule has 9 heteroatoms. The first-order valence-corrected chi connectivity index (χ1v) is 8.62. The predicted molar refractivity (Wildman–Crippen MR) is 97.9 cm³/mol. The lowest BCUT2D eigenvalue weighted by Crippen LogP contribution is -2.44. The summed E-state index contributed by atoms with van der Waals surface area (Å²) in [5.41, 5.74) is -3.71. The Morgan fingerprint density at radius 3 is 2.11 bits per heavy atom. The highest BCUT2D eigenvalue weighted by atomic mass is 35.5. The van der Waals surface area contributed by atoms with Gasteiger partial charge in [-0.05, 0) is 48.4 Å². The van der Waals surface area contributed by atoms with Crippen LogP contribution in [0.25, 0.3) is 0 Å². The fourth-order valence-corrected chi connectivity index (χ4v) is 3.20. The first-order valence-electron chi connectivity index (χ1n) is 7.87. The summed E-state index contributed by atoms with van der Waals surface area (Å²) in [6.07, 6.45) is -6.46. The van der Waals surface area contributed by atoms with Crippen molar-refractivity contribution in [3.8, 4) is 0 Å². The van der Waals surface area contributed by atoms with E-state index in [0.717, 1.165) is 12.1 Å². The van der Waals surface area contributed by atoms with E-state index in [0.29, 0.717) is 5.56 Å². The number of benzene rings is 2. The van der Waals surface area contributed by atoms with Crippen molar-refractivity contribution in [1.82, 2.24) is 0 Å². The highest BCUT2D eigenvalue weighted by Gasteiger charge is 2.56. The standard InChI is InChI=1S/C19H15Cl2F3O4/c1-10-5-11(3-4-15(10)17(26)28-2)16(25)9-18(27,19(22,23)24)12-6-13(20)8-14(21)7-12/h3-8,27H,9H2,1-2H3/t18-/m0/s1. The minimum Gasteiger partial charge on any atom is -0.465 e. The summed E-state index contributed by atoms with van der Waals surface area (Å²) < 4.78 is 45.6. The molecule has 0 saturated carbocycles. The van der Waals surface area contributed by atoms with Gasteiger partial charge in [-0.15, -0.1) is 0 Å². The van der Waals surface area contributed by atoms with Gasteiger partial charge in [0.15, 0.2) is 11.4 Å². The molecule has 0 heterocycles. The molecule has 1 N–H and O–H groups in total. The number of rotatable bonds is 5. The van der Waals surface area contributed by atoms with Crippen LogP contribution in [0.3, 0.4) is 0 Å². The quantitative estimate of drug-likeness (QED) is 0.524. The van der Waals surface area contributed by atoms with Crippen molar-refractivity contribution in [3.63, 3.8) is 0 Å². The molecule has 0 saturated heterocycles. The van der Waals surface area contributed by atoms with E-state index >= 15 is 0 Å². The zero-order valence-electron chi connectivity index (χ0n) is 14.7. The normalized spacial score (nSPS) is 13.7. The molecule has 0 aliphatic rings. The second kappa shape index (κ2) is 8.11. The SMILES string of the molecule is COC(=O)c1ccc(C(=O)C[C@](O)(c2cc(Cl)cc(Cl)c2)C(F)(F)F)cc1C. The molecule has 1 atom stereocenters. The fourth-order valence-electron chi connectivity index (χ4n) is 2.67. The van der Waals surface area contributed by atoms with E-state index in [2.05, 4.69) is 4.74 Å². The number of hydrogen-bond donors (Lipinski definition) is 1. The second-order valence-electron chi connectivity index (χ2n) is 6.14. The van der Waals surface area contributed by atoms with E-state index in [4.69, 9.17) is 23.2 Å².